The molecule has 88 valence electrons. The first-order chi connectivity index (χ1) is 7.03. The summed E-state index contributed by atoms with van der Waals surface area (Å²) in [7, 11) is 0. The first-order valence-corrected chi connectivity index (χ1v) is 7.15. The molecule has 0 aliphatic carbocycles. The Hall–Kier alpha value is -0.248. The highest BCUT2D eigenvalue weighted by atomic mass is 27.0. The van der Waals surface area contributed by atoms with Gasteiger partial charge in [0.15, 0.2) is 0 Å². The van der Waals surface area contributed by atoms with E-state index in [4.69, 9.17) is 0 Å². The lowest BCUT2D eigenvalue weighted by Crippen LogP contribution is -2.31. The molecule has 16 heavy (non-hydrogen) atoms. The number of hydrogen-bond donors (Lipinski definition) is 0. The van der Waals surface area contributed by atoms with Crippen molar-refractivity contribution >= 4 is 20.7 Å². The second-order valence-electron chi connectivity index (χ2n) is 6.99. The predicted octanol–water partition coefficient (Wildman–Crippen LogP) is 2.85. The molecule has 0 aliphatic rings. The van der Waals surface area contributed by atoms with Gasteiger partial charge >= 0.3 is 0 Å². The van der Waals surface area contributed by atoms with Crippen molar-refractivity contribution in [2.75, 3.05) is 0 Å². The first kappa shape index (κ1) is 13.8. The van der Waals surface area contributed by atoms with E-state index in [1.807, 2.05) is 0 Å². The van der Waals surface area contributed by atoms with Gasteiger partial charge in [-0.15, -0.1) is 4.43 Å². The zero-order valence-corrected chi connectivity index (χ0v) is 14.2. The maximum atomic E-state index is 2.37. The summed E-state index contributed by atoms with van der Waals surface area (Å²) in [6.45, 7) is 16.1. The van der Waals surface area contributed by atoms with E-state index in [1.165, 1.54) is 5.56 Å². The summed E-state index contributed by atoms with van der Waals surface area (Å²) in [5.41, 5.74) is 5.02. The van der Waals surface area contributed by atoms with Crippen LogP contribution in [0.15, 0.2) is 12.1 Å². The lowest BCUT2D eigenvalue weighted by Gasteiger charge is -2.30. The van der Waals surface area contributed by atoms with Gasteiger partial charge < -0.3 is 0 Å². The first-order valence-electron chi connectivity index (χ1n) is 6.15. The van der Waals surface area contributed by atoms with Crippen LogP contribution in [0, 0.1) is 6.92 Å². The third-order valence-electron chi connectivity index (χ3n) is 3.17. The molecule has 0 radical (unpaired) electrons. The minimum absolute atomic E-state index is 0.267. The van der Waals surface area contributed by atoms with Crippen LogP contribution in [-0.2, 0) is 10.8 Å². The van der Waals surface area contributed by atoms with E-state index < -0.39 is 0 Å². The summed E-state index contributed by atoms with van der Waals surface area (Å²) in [5.74, 6) is 0. The molecule has 0 heterocycles. The zero-order chi connectivity index (χ0) is 12.7. The Bertz CT molecular complexity index is 354. The van der Waals surface area contributed by atoms with Gasteiger partial charge in [0.1, 0.15) is 0 Å². The van der Waals surface area contributed by atoms with Crippen LogP contribution in [-0.4, -0.2) is 16.3 Å². The van der Waals surface area contributed by atoms with Gasteiger partial charge in [-0.05, 0) is 17.8 Å². The van der Waals surface area contributed by atoms with E-state index in [9.17, 15) is 0 Å². The van der Waals surface area contributed by atoms with E-state index >= 15 is 0 Å². The van der Waals surface area contributed by atoms with Crippen molar-refractivity contribution in [1.82, 2.24) is 0 Å². The molecule has 0 nitrogen and oxygen atoms in total. The molecule has 0 fully saturated rings. The number of rotatable bonds is 0. The van der Waals surface area contributed by atoms with E-state index in [0.29, 0.717) is 0 Å². The van der Waals surface area contributed by atoms with Crippen molar-refractivity contribution in [2.24, 2.45) is 0 Å². The number of aryl methyl sites for hydroxylation is 1. The van der Waals surface area contributed by atoms with E-state index in [1.54, 1.807) is 15.6 Å². The van der Waals surface area contributed by atoms with Crippen molar-refractivity contribution in [3.8, 4) is 0 Å². The molecule has 0 saturated carbocycles. The molecule has 0 saturated heterocycles. The monoisotopic (exact) mass is 232 g/mol. The minimum atomic E-state index is 0.267. The van der Waals surface area contributed by atoms with Crippen molar-refractivity contribution in [1.29, 1.82) is 0 Å². The van der Waals surface area contributed by atoms with Crippen molar-refractivity contribution in [3.63, 3.8) is 0 Å². The van der Waals surface area contributed by atoms with Gasteiger partial charge in [0, 0.05) is 0 Å². The third-order valence-corrected chi connectivity index (χ3v) is 4.25. The van der Waals surface area contributed by atoms with Gasteiger partial charge in [0.2, 0.25) is 0 Å². The van der Waals surface area contributed by atoms with Crippen LogP contribution in [0.25, 0.3) is 0 Å². The highest BCUT2D eigenvalue weighted by Crippen LogP contribution is 2.27. The Morgan fingerprint density at radius 1 is 0.812 bits per heavy atom. The molecule has 1 heteroatoms. The molecule has 1 aromatic rings. The highest BCUT2D eigenvalue weighted by molar-refractivity contribution is 6.34. The Labute approximate surface area is 109 Å². The standard InChI is InChI=1S/C15H23.Al.2H/c1-11-8-12(14(2,3)4)10-13(9-11)15(5,6)7;;;/h8-9H,1-7H3;;;. The van der Waals surface area contributed by atoms with Crippen LogP contribution in [0.5, 0.6) is 0 Å². The summed E-state index contributed by atoms with van der Waals surface area (Å²) in [6.07, 6.45) is 0. The van der Waals surface area contributed by atoms with Crippen LogP contribution < -0.4 is 4.43 Å². The summed E-state index contributed by atoms with van der Waals surface area (Å²) >= 11 is 1.14. The van der Waals surface area contributed by atoms with Crippen LogP contribution in [0.3, 0.4) is 0 Å². The van der Waals surface area contributed by atoms with Crippen molar-refractivity contribution in [2.45, 2.75) is 59.3 Å². The maximum Gasteiger partial charge on any atom is 0.259 e. The quantitative estimate of drug-likeness (QED) is 0.603. The third kappa shape index (κ3) is 2.90. The smallest absolute Gasteiger partial charge is 0.114 e. The highest BCUT2D eigenvalue weighted by Gasteiger charge is 2.22. The molecule has 0 bridgehead atoms. The van der Waals surface area contributed by atoms with Crippen LogP contribution in [0.1, 0.15) is 58.2 Å². The summed E-state index contributed by atoms with van der Waals surface area (Å²) in [4.78, 5) is 0. The normalized spacial score (nSPS) is 12.9. The average molecular weight is 232 g/mol. The Kier molecular flexibility index (Phi) is 3.63. The molecular weight excluding hydrogens is 207 g/mol. The molecule has 1 rings (SSSR count). The van der Waals surface area contributed by atoms with E-state index in [-0.39, 0.29) is 10.8 Å². The van der Waals surface area contributed by atoms with Gasteiger partial charge in [-0.25, -0.2) is 0 Å². The predicted molar refractivity (Wildman–Crippen MR) is 76.8 cm³/mol. The van der Waals surface area contributed by atoms with Crippen LogP contribution in [0.4, 0.5) is 0 Å². The summed E-state index contributed by atoms with van der Waals surface area (Å²) in [5, 5.41) is 0. The summed E-state index contributed by atoms with van der Waals surface area (Å²) in [6, 6.07) is 4.75. The SMILES string of the molecule is Cc1cc(C(C)(C)C)[c]([AlH2])c(C(C)(C)C)c1. The van der Waals surface area contributed by atoms with Crippen LogP contribution >= 0.6 is 0 Å². The number of benzene rings is 1. The minimum Gasteiger partial charge on any atom is -0.114 e. The Balaban J connectivity index is 3.51. The largest absolute Gasteiger partial charge is 0.259 e. The Morgan fingerprint density at radius 3 is 1.38 bits per heavy atom. The Morgan fingerprint density at radius 2 is 1.12 bits per heavy atom. The maximum absolute atomic E-state index is 2.37. The van der Waals surface area contributed by atoms with Crippen LogP contribution in [0.2, 0.25) is 0 Å². The molecule has 0 N–H and O–H groups in total. The lowest BCUT2D eigenvalue weighted by molar-refractivity contribution is 0.575. The van der Waals surface area contributed by atoms with Gasteiger partial charge in [0.25, 0.3) is 16.3 Å². The summed E-state index contributed by atoms with van der Waals surface area (Å²) < 4.78 is 1.60. The van der Waals surface area contributed by atoms with Crippen molar-refractivity contribution in [3.05, 3.63) is 28.8 Å². The second-order valence-corrected chi connectivity index (χ2v) is 7.99. The van der Waals surface area contributed by atoms with E-state index in [0.717, 1.165) is 16.3 Å². The van der Waals surface area contributed by atoms with Gasteiger partial charge in [0.05, 0.1) is 0 Å². The molecule has 0 aromatic heterocycles. The second kappa shape index (κ2) is 4.21. The van der Waals surface area contributed by atoms with E-state index in [2.05, 4.69) is 60.6 Å². The molecule has 1 aromatic carbocycles. The molecule has 0 unspecified atom stereocenters. The molecule has 0 amide bonds. The topological polar surface area (TPSA) is 0 Å². The molecule has 0 atom stereocenters. The number of hydrogen-bond acceptors (Lipinski definition) is 0. The van der Waals surface area contributed by atoms with Gasteiger partial charge in [-0.1, -0.05) is 70.4 Å². The lowest BCUT2D eigenvalue weighted by atomic mass is 9.79. The van der Waals surface area contributed by atoms with Crippen molar-refractivity contribution < 1.29 is 0 Å². The average Bonchev–Trinajstić information content (AvgIpc) is 2.04. The fraction of sp³-hybridized carbons (Fsp3) is 0.600. The van der Waals surface area contributed by atoms with Gasteiger partial charge in [-0.2, -0.15) is 0 Å². The molecule has 0 spiro atoms. The zero-order valence-electron chi connectivity index (χ0n) is 12.2. The molecule has 0 aliphatic heterocycles. The fourth-order valence-corrected chi connectivity index (χ4v) is 4.21. The fourth-order valence-electron chi connectivity index (χ4n) is 2.42. The van der Waals surface area contributed by atoms with Gasteiger partial charge in [-0.3, -0.25) is 0 Å². The molecular formula is C15H25Al.